The van der Waals surface area contributed by atoms with Gasteiger partial charge < -0.3 is 10.6 Å². The van der Waals surface area contributed by atoms with E-state index in [0.717, 1.165) is 51.0 Å². The monoisotopic (exact) mass is 273 g/mol. The number of carbonyl (C=O) groups is 1. The minimum Gasteiger partial charge on any atom is -0.330 e. The van der Waals surface area contributed by atoms with Crippen LogP contribution in [-0.2, 0) is 6.42 Å². The number of benzene rings is 1. The van der Waals surface area contributed by atoms with Crippen LogP contribution in [0.1, 0.15) is 31.2 Å². The first-order valence-corrected chi connectivity index (χ1v) is 7.67. The average Bonchev–Trinajstić information content (AvgIpc) is 2.83. The fourth-order valence-corrected chi connectivity index (χ4v) is 3.25. The van der Waals surface area contributed by atoms with Crippen LogP contribution in [0, 0.1) is 0 Å². The zero-order valence-electron chi connectivity index (χ0n) is 11.9. The van der Waals surface area contributed by atoms with Gasteiger partial charge in [-0.1, -0.05) is 12.1 Å². The predicted molar refractivity (Wildman–Crippen MR) is 80.9 cm³/mol. The molecule has 0 radical (unpaired) electrons. The number of anilines is 1. The molecule has 0 saturated carbocycles. The summed E-state index contributed by atoms with van der Waals surface area (Å²) >= 11 is 0. The Morgan fingerprint density at radius 1 is 1.20 bits per heavy atom. The molecule has 20 heavy (non-hydrogen) atoms. The minimum atomic E-state index is 0.185. The fraction of sp³-hybridized carbons (Fsp3) is 0.562. The maximum atomic E-state index is 12.4. The van der Waals surface area contributed by atoms with Gasteiger partial charge in [-0.2, -0.15) is 0 Å². The van der Waals surface area contributed by atoms with Crippen molar-refractivity contribution >= 4 is 11.7 Å². The highest BCUT2D eigenvalue weighted by atomic mass is 16.2. The molecular formula is C16H23N3O. The molecule has 3 rings (SSSR count). The lowest BCUT2D eigenvalue weighted by molar-refractivity contribution is 0.187. The van der Waals surface area contributed by atoms with Gasteiger partial charge in [0, 0.05) is 18.8 Å². The molecule has 0 aliphatic carbocycles. The van der Waals surface area contributed by atoms with Gasteiger partial charge in [-0.15, -0.1) is 0 Å². The summed E-state index contributed by atoms with van der Waals surface area (Å²) in [5.41, 5.74) is 7.86. The standard InChI is InChI=1S/C16H23N3O/c17-10-3-4-13-6-8-14(9-7-13)19-12-15-5-1-2-11-18(15)16(19)20/h6-9,15H,1-5,10-12,17H2/t15-/m0/s1. The first kappa shape index (κ1) is 13.4. The van der Waals surface area contributed by atoms with Crippen LogP contribution in [0.2, 0.25) is 0 Å². The van der Waals surface area contributed by atoms with E-state index in [2.05, 4.69) is 24.3 Å². The molecule has 4 nitrogen and oxygen atoms in total. The lowest BCUT2D eigenvalue weighted by Gasteiger charge is -2.27. The van der Waals surface area contributed by atoms with Crippen molar-refractivity contribution in [2.24, 2.45) is 5.73 Å². The molecule has 1 aromatic rings. The zero-order chi connectivity index (χ0) is 13.9. The molecule has 2 aliphatic heterocycles. The van der Waals surface area contributed by atoms with E-state index >= 15 is 0 Å². The van der Waals surface area contributed by atoms with E-state index in [1.54, 1.807) is 0 Å². The summed E-state index contributed by atoms with van der Waals surface area (Å²) in [5.74, 6) is 0. The first-order chi connectivity index (χ1) is 9.79. The van der Waals surface area contributed by atoms with Crippen LogP contribution in [0.3, 0.4) is 0 Å². The maximum Gasteiger partial charge on any atom is 0.324 e. The van der Waals surface area contributed by atoms with Gasteiger partial charge in [-0.05, 0) is 56.3 Å². The molecule has 0 aromatic heterocycles. The third-order valence-electron chi connectivity index (χ3n) is 4.41. The molecule has 2 amide bonds. The third-order valence-corrected chi connectivity index (χ3v) is 4.41. The molecule has 2 aliphatic rings. The summed E-state index contributed by atoms with van der Waals surface area (Å²) in [4.78, 5) is 16.4. The van der Waals surface area contributed by atoms with E-state index in [4.69, 9.17) is 5.73 Å². The van der Waals surface area contributed by atoms with Gasteiger partial charge in [0.2, 0.25) is 0 Å². The quantitative estimate of drug-likeness (QED) is 0.915. The first-order valence-electron chi connectivity index (χ1n) is 7.67. The van der Waals surface area contributed by atoms with Gasteiger partial charge in [0.05, 0.1) is 6.04 Å². The Balaban J connectivity index is 1.71. The van der Waals surface area contributed by atoms with Crippen molar-refractivity contribution in [3.05, 3.63) is 29.8 Å². The highest BCUT2D eigenvalue weighted by molar-refractivity contribution is 5.94. The summed E-state index contributed by atoms with van der Waals surface area (Å²) in [5, 5.41) is 0. The van der Waals surface area contributed by atoms with E-state index < -0.39 is 0 Å². The van der Waals surface area contributed by atoms with Crippen LogP contribution < -0.4 is 10.6 Å². The molecule has 0 unspecified atom stereocenters. The number of rotatable bonds is 4. The van der Waals surface area contributed by atoms with E-state index in [9.17, 15) is 4.79 Å². The average molecular weight is 273 g/mol. The summed E-state index contributed by atoms with van der Waals surface area (Å²) in [7, 11) is 0. The smallest absolute Gasteiger partial charge is 0.324 e. The van der Waals surface area contributed by atoms with Crippen LogP contribution in [0.5, 0.6) is 0 Å². The highest BCUT2D eigenvalue weighted by Crippen LogP contribution is 2.29. The number of nitrogens with zero attached hydrogens (tertiary/aromatic N) is 2. The van der Waals surface area contributed by atoms with Crippen LogP contribution in [0.15, 0.2) is 24.3 Å². The summed E-state index contributed by atoms with van der Waals surface area (Å²) < 4.78 is 0. The number of hydrogen-bond donors (Lipinski definition) is 1. The number of nitrogens with two attached hydrogens (primary N) is 1. The van der Waals surface area contributed by atoms with Crippen molar-refractivity contribution in [3.8, 4) is 0 Å². The van der Waals surface area contributed by atoms with Crippen molar-refractivity contribution in [1.82, 2.24) is 4.90 Å². The SMILES string of the molecule is NCCCc1ccc(N2C[C@@H]3CCCCN3C2=O)cc1. The maximum absolute atomic E-state index is 12.4. The Bertz CT molecular complexity index is 471. The number of aryl methyl sites for hydroxylation is 1. The second-order valence-electron chi connectivity index (χ2n) is 5.79. The van der Waals surface area contributed by atoms with Crippen molar-refractivity contribution in [3.63, 3.8) is 0 Å². The molecule has 2 saturated heterocycles. The summed E-state index contributed by atoms with van der Waals surface area (Å²) in [6, 6.07) is 8.99. The molecule has 0 spiro atoms. The van der Waals surface area contributed by atoms with E-state index in [1.165, 1.54) is 12.0 Å². The Kier molecular flexibility index (Phi) is 3.92. The molecule has 2 heterocycles. The summed E-state index contributed by atoms with van der Waals surface area (Å²) in [6.07, 6.45) is 5.57. The largest absolute Gasteiger partial charge is 0.330 e. The van der Waals surface area contributed by atoms with Crippen LogP contribution in [-0.4, -0.2) is 36.6 Å². The molecule has 2 N–H and O–H groups in total. The minimum absolute atomic E-state index is 0.185. The number of amides is 2. The molecule has 4 heteroatoms. The molecule has 0 bridgehead atoms. The zero-order valence-corrected chi connectivity index (χ0v) is 11.9. The number of fused-ring (bicyclic) bond motifs is 1. The van der Waals surface area contributed by atoms with Crippen molar-refractivity contribution in [2.45, 2.75) is 38.1 Å². The normalized spacial score (nSPS) is 22.2. The van der Waals surface area contributed by atoms with Gasteiger partial charge in [-0.3, -0.25) is 4.90 Å². The van der Waals surface area contributed by atoms with Crippen LogP contribution in [0.25, 0.3) is 0 Å². The van der Waals surface area contributed by atoms with E-state index in [1.807, 2.05) is 9.80 Å². The number of hydrogen-bond acceptors (Lipinski definition) is 2. The molecule has 1 aromatic carbocycles. The highest BCUT2D eigenvalue weighted by Gasteiger charge is 2.38. The Hall–Kier alpha value is -1.55. The third kappa shape index (κ3) is 2.52. The predicted octanol–water partition coefficient (Wildman–Crippen LogP) is 2.37. The second-order valence-corrected chi connectivity index (χ2v) is 5.79. The summed E-state index contributed by atoms with van der Waals surface area (Å²) in [6.45, 7) is 2.50. The number of piperidine rings is 1. The van der Waals surface area contributed by atoms with Gasteiger partial charge in [-0.25, -0.2) is 4.79 Å². The van der Waals surface area contributed by atoms with Crippen molar-refractivity contribution in [1.29, 1.82) is 0 Å². The second kappa shape index (κ2) is 5.83. The lowest BCUT2D eigenvalue weighted by Crippen LogP contribution is -2.38. The van der Waals surface area contributed by atoms with Gasteiger partial charge >= 0.3 is 6.03 Å². The Labute approximate surface area is 120 Å². The van der Waals surface area contributed by atoms with Crippen LogP contribution in [0.4, 0.5) is 10.5 Å². The topological polar surface area (TPSA) is 49.6 Å². The Morgan fingerprint density at radius 3 is 2.70 bits per heavy atom. The van der Waals surface area contributed by atoms with Gasteiger partial charge in [0.1, 0.15) is 0 Å². The van der Waals surface area contributed by atoms with E-state index in [0.29, 0.717) is 6.04 Å². The van der Waals surface area contributed by atoms with Gasteiger partial charge in [0.15, 0.2) is 0 Å². The molecule has 2 fully saturated rings. The lowest BCUT2D eigenvalue weighted by atomic mass is 10.0. The Morgan fingerprint density at radius 2 is 2.00 bits per heavy atom. The van der Waals surface area contributed by atoms with Crippen molar-refractivity contribution < 1.29 is 4.79 Å². The molecule has 1 atom stereocenters. The van der Waals surface area contributed by atoms with Crippen molar-refractivity contribution in [2.75, 3.05) is 24.5 Å². The number of urea groups is 1. The molecule has 108 valence electrons. The van der Waals surface area contributed by atoms with Gasteiger partial charge in [0.25, 0.3) is 0 Å². The number of carbonyl (C=O) groups excluding carboxylic acids is 1. The molecular weight excluding hydrogens is 250 g/mol. The van der Waals surface area contributed by atoms with E-state index in [-0.39, 0.29) is 6.03 Å². The fourth-order valence-electron chi connectivity index (χ4n) is 3.25. The van der Waals surface area contributed by atoms with Crippen LogP contribution >= 0.6 is 0 Å².